The maximum Gasteiger partial charge on any atom is 0.387 e. The number of rotatable bonds is 10. The molecule has 31 heavy (non-hydrogen) atoms. The van der Waals surface area contributed by atoms with E-state index < -0.39 is 6.61 Å². The molecule has 3 rings (SSSR count). The van der Waals surface area contributed by atoms with Crippen LogP contribution >= 0.6 is 0 Å². The van der Waals surface area contributed by atoms with E-state index in [1.165, 1.54) is 0 Å². The lowest BCUT2D eigenvalue weighted by Gasteiger charge is -2.32. The zero-order chi connectivity index (χ0) is 22.1. The first-order valence-electron chi connectivity index (χ1n) is 10.7. The van der Waals surface area contributed by atoms with Gasteiger partial charge in [0.15, 0.2) is 0 Å². The third kappa shape index (κ3) is 7.83. The second-order valence-corrected chi connectivity index (χ2v) is 7.93. The van der Waals surface area contributed by atoms with Crippen molar-refractivity contribution in [3.63, 3.8) is 0 Å². The first-order valence-corrected chi connectivity index (χ1v) is 10.7. The minimum absolute atomic E-state index is 0.0644. The van der Waals surface area contributed by atoms with E-state index in [2.05, 4.69) is 15.0 Å². The summed E-state index contributed by atoms with van der Waals surface area (Å²) in [6.07, 6.45) is 3.60. The number of ether oxygens (including phenoxy) is 2. The summed E-state index contributed by atoms with van der Waals surface area (Å²) in [5.74, 6) is 1.51. The van der Waals surface area contributed by atoms with E-state index in [9.17, 15) is 13.6 Å². The highest BCUT2D eigenvalue weighted by Crippen LogP contribution is 2.23. The molecule has 0 unspecified atom stereocenters. The van der Waals surface area contributed by atoms with Crippen LogP contribution in [0.4, 0.5) is 8.78 Å². The molecule has 1 amide bonds. The number of nitrogens with zero attached hydrogens (tertiary/aromatic N) is 1. The summed E-state index contributed by atoms with van der Waals surface area (Å²) in [7, 11) is 1.63. The Labute approximate surface area is 182 Å². The Kier molecular flexibility index (Phi) is 8.64. The Balaban J connectivity index is 1.39. The van der Waals surface area contributed by atoms with Gasteiger partial charge >= 0.3 is 6.61 Å². The Morgan fingerprint density at radius 3 is 2.71 bits per heavy atom. The molecule has 2 aromatic rings. The maximum absolute atomic E-state index is 12.3. The molecule has 0 aliphatic carbocycles. The largest absolute Gasteiger partial charge is 0.497 e. The van der Waals surface area contributed by atoms with E-state index in [0.29, 0.717) is 18.9 Å². The number of carbonyl (C=O) groups is 1. The second kappa shape index (κ2) is 11.6. The van der Waals surface area contributed by atoms with Crippen LogP contribution in [0.3, 0.4) is 0 Å². The topological polar surface area (TPSA) is 50.8 Å². The molecule has 1 aliphatic rings. The fourth-order valence-electron chi connectivity index (χ4n) is 3.97. The summed E-state index contributed by atoms with van der Waals surface area (Å²) in [6, 6.07) is 14.5. The molecule has 5 nitrogen and oxygen atoms in total. The van der Waals surface area contributed by atoms with Crippen molar-refractivity contribution in [2.75, 3.05) is 20.2 Å². The van der Waals surface area contributed by atoms with Gasteiger partial charge in [-0.25, -0.2) is 0 Å². The zero-order valence-electron chi connectivity index (χ0n) is 17.9. The monoisotopic (exact) mass is 432 g/mol. The standard InChI is InChI=1S/C24H30F2N2O3/c1-30-22-6-2-4-20(14-22)15-27-23(29)12-9-18-5-3-13-28(16-18)17-19-7-10-21(11-8-19)31-24(25)26/h2,4,6-8,10-11,14,18,24H,3,5,9,12-13,15-17H2,1H3,(H,27,29)/t18-/m0/s1. The highest BCUT2D eigenvalue weighted by molar-refractivity contribution is 5.75. The molecule has 0 radical (unpaired) electrons. The van der Waals surface area contributed by atoms with Gasteiger partial charge in [0, 0.05) is 26.1 Å². The molecule has 1 aliphatic heterocycles. The van der Waals surface area contributed by atoms with Gasteiger partial charge in [-0.1, -0.05) is 24.3 Å². The lowest BCUT2D eigenvalue weighted by Crippen LogP contribution is -2.35. The number of methoxy groups -OCH3 is 1. The van der Waals surface area contributed by atoms with Crippen molar-refractivity contribution in [1.29, 1.82) is 0 Å². The predicted molar refractivity (Wildman–Crippen MR) is 115 cm³/mol. The third-order valence-electron chi connectivity index (χ3n) is 5.56. The smallest absolute Gasteiger partial charge is 0.387 e. The summed E-state index contributed by atoms with van der Waals surface area (Å²) in [4.78, 5) is 14.6. The van der Waals surface area contributed by atoms with Crippen LogP contribution in [-0.2, 0) is 17.9 Å². The van der Waals surface area contributed by atoms with E-state index in [1.54, 1.807) is 19.2 Å². The zero-order valence-corrected chi connectivity index (χ0v) is 17.9. The molecule has 2 aromatic carbocycles. The van der Waals surface area contributed by atoms with Gasteiger partial charge in [-0.3, -0.25) is 9.69 Å². The molecule has 1 saturated heterocycles. The number of piperidine rings is 1. The fourth-order valence-corrected chi connectivity index (χ4v) is 3.97. The summed E-state index contributed by atoms with van der Waals surface area (Å²) < 4.78 is 34.1. The van der Waals surface area contributed by atoms with E-state index in [1.807, 2.05) is 36.4 Å². The van der Waals surface area contributed by atoms with E-state index in [-0.39, 0.29) is 11.7 Å². The van der Waals surface area contributed by atoms with Crippen molar-refractivity contribution in [2.45, 2.75) is 45.4 Å². The molecule has 0 saturated carbocycles. The van der Waals surface area contributed by atoms with Crippen molar-refractivity contribution >= 4 is 5.91 Å². The normalized spacial score (nSPS) is 16.8. The molecular formula is C24H30F2N2O3. The number of likely N-dealkylation sites (tertiary alicyclic amines) is 1. The van der Waals surface area contributed by atoms with Crippen LogP contribution in [0.25, 0.3) is 0 Å². The molecule has 0 aromatic heterocycles. The van der Waals surface area contributed by atoms with Gasteiger partial charge in [0.2, 0.25) is 5.91 Å². The van der Waals surface area contributed by atoms with Crippen molar-refractivity contribution in [2.24, 2.45) is 5.92 Å². The Hall–Kier alpha value is -2.67. The van der Waals surface area contributed by atoms with Crippen molar-refractivity contribution < 1.29 is 23.0 Å². The van der Waals surface area contributed by atoms with Gasteiger partial charge in [-0.15, -0.1) is 0 Å². The number of nitrogens with one attached hydrogen (secondary N) is 1. The Morgan fingerprint density at radius 1 is 1.16 bits per heavy atom. The highest BCUT2D eigenvalue weighted by atomic mass is 19.3. The molecule has 1 heterocycles. The first kappa shape index (κ1) is 23.0. The highest BCUT2D eigenvalue weighted by Gasteiger charge is 2.20. The summed E-state index contributed by atoms with van der Waals surface area (Å²) in [5, 5.41) is 2.99. The molecule has 168 valence electrons. The molecule has 1 fully saturated rings. The molecular weight excluding hydrogens is 402 g/mol. The average Bonchev–Trinajstić information content (AvgIpc) is 2.78. The van der Waals surface area contributed by atoms with Crippen LogP contribution in [0, 0.1) is 5.92 Å². The quantitative estimate of drug-likeness (QED) is 0.596. The van der Waals surface area contributed by atoms with Crippen LogP contribution < -0.4 is 14.8 Å². The van der Waals surface area contributed by atoms with Gasteiger partial charge in [-0.05, 0) is 67.1 Å². The van der Waals surface area contributed by atoms with Gasteiger partial charge in [0.05, 0.1) is 7.11 Å². The summed E-state index contributed by atoms with van der Waals surface area (Å²) in [6.45, 7) is 0.416. The van der Waals surface area contributed by atoms with Crippen molar-refractivity contribution in [3.8, 4) is 11.5 Å². The fraction of sp³-hybridized carbons (Fsp3) is 0.458. The van der Waals surface area contributed by atoms with Gasteiger partial charge < -0.3 is 14.8 Å². The predicted octanol–water partition coefficient (Wildman–Crippen LogP) is 4.61. The number of alkyl halides is 2. The Morgan fingerprint density at radius 2 is 1.97 bits per heavy atom. The maximum atomic E-state index is 12.3. The van der Waals surface area contributed by atoms with Crippen LogP contribution in [0.1, 0.15) is 36.8 Å². The minimum atomic E-state index is -2.80. The van der Waals surface area contributed by atoms with Crippen LogP contribution in [-0.4, -0.2) is 37.6 Å². The number of hydrogen-bond acceptors (Lipinski definition) is 4. The number of amides is 1. The second-order valence-electron chi connectivity index (χ2n) is 7.93. The van der Waals surface area contributed by atoms with Crippen LogP contribution in [0.15, 0.2) is 48.5 Å². The number of benzene rings is 2. The Bertz CT molecular complexity index is 830. The lowest BCUT2D eigenvalue weighted by atomic mass is 9.93. The van der Waals surface area contributed by atoms with Crippen molar-refractivity contribution in [1.82, 2.24) is 10.2 Å². The molecule has 7 heteroatoms. The van der Waals surface area contributed by atoms with Crippen LogP contribution in [0.2, 0.25) is 0 Å². The number of hydrogen-bond donors (Lipinski definition) is 1. The van der Waals surface area contributed by atoms with E-state index in [0.717, 1.165) is 55.8 Å². The summed E-state index contributed by atoms with van der Waals surface area (Å²) >= 11 is 0. The summed E-state index contributed by atoms with van der Waals surface area (Å²) in [5.41, 5.74) is 2.08. The molecule has 1 atom stereocenters. The van der Waals surface area contributed by atoms with Gasteiger partial charge in [0.1, 0.15) is 11.5 Å². The minimum Gasteiger partial charge on any atom is -0.497 e. The SMILES string of the molecule is COc1cccc(CNC(=O)CC[C@@H]2CCCN(Cc3ccc(OC(F)F)cc3)C2)c1. The number of halogens is 2. The first-order chi connectivity index (χ1) is 15.0. The van der Waals surface area contributed by atoms with E-state index >= 15 is 0 Å². The van der Waals surface area contributed by atoms with Crippen molar-refractivity contribution in [3.05, 3.63) is 59.7 Å². The van der Waals surface area contributed by atoms with E-state index in [4.69, 9.17) is 4.74 Å². The lowest BCUT2D eigenvalue weighted by molar-refractivity contribution is -0.121. The molecule has 1 N–H and O–H groups in total. The number of carbonyl (C=O) groups excluding carboxylic acids is 1. The molecule has 0 bridgehead atoms. The van der Waals surface area contributed by atoms with Gasteiger partial charge in [0.25, 0.3) is 0 Å². The van der Waals surface area contributed by atoms with Crippen LogP contribution in [0.5, 0.6) is 11.5 Å². The third-order valence-corrected chi connectivity index (χ3v) is 5.56. The average molecular weight is 433 g/mol. The molecule has 0 spiro atoms. The van der Waals surface area contributed by atoms with Gasteiger partial charge in [-0.2, -0.15) is 8.78 Å².